The molecule has 1 aromatic carbocycles. The molecule has 5 nitrogen and oxygen atoms in total. The van der Waals surface area contributed by atoms with Crippen molar-refractivity contribution < 1.29 is 14.3 Å². The molecule has 3 N–H and O–H groups in total. The molecule has 0 saturated carbocycles. The van der Waals surface area contributed by atoms with Gasteiger partial charge in [0.15, 0.2) is 5.60 Å². The maximum absolute atomic E-state index is 13.0. The normalized spacial score (nSPS) is 16.7. The molecule has 30 heavy (non-hydrogen) atoms. The van der Waals surface area contributed by atoms with E-state index in [4.69, 9.17) is 22.1 Å². The molecule has 1 atom stereocenters. The van der Waals surface area contributed by atoms with Crippen LogP contribution in [0.1, 0.15) is 61.8 Å². The summed E-state index contributed by atoms with van der Waals surface area (Å²) in [5, 5.41) is 4.01. The molecule has 2 aromatic rings. The third-order valence-corrected chi connectivity index (χ3v) is 7.12. The van der Waals surface area contributed by atoms with Crippen LogP contribution < -0.4 is 15.8 Å². The first-order valence-electron chi connectivity index (χ1n) is 10.1. The molecule has 0 spiro atoms. The van der Waals surface area contributed by atoms with Gasteiger partial charge in [0, 0.05) is 9.90 Å². The highest BCUT2D eigenvalue weighted by Crippen LogP contribution is 2.44. The Hall–Kier alpha value is -2.05. The van der Waals surface area contributed by atoms with Crippen molar-refractivity contribution in [2.45, 2.75) is 59.5 Å². The van der Waals surface area contributed by atoms with E-state index in [0.29, 0.717) is 27.3 Å². The predicted octanol–water partition coefficient (Wildman–Crippen LogP) is 5.45. The van der Waals surface area contributed by atoms with E-state index in [9.17, 15) is 9.59 Å². The Balaban J connectivity index is 1.83. The number of hydrogen-bond acceptors (Lipinski definition) is 4. The van der Waals surface area contributed by atoms with Gasteiger partial charge in [-0.15, -0.1) is 11.3 Å². The van der Waals surface area contributed by atoms with Crippen LogP contribution in [0.25, 0.3) is 0 Å². The first-order chi connectivity index (χ1) is 13.9. The van der Waals surface area contributed by atoms with Gasteiger partial charge in [0.2, 0.25) is 0 Å². The number of thiophene rings is 1. The number of rotatable bonds is 5. The topological polar surface area (TPSA) is 81.4 Å². The van der Waals surface area contributed by atoms with Gasteiger partial charge in [0.25, 0.3) is 11.8 Å². The molecule has 7 heteroatoms. The first kappa shape index (κ1) is 22.6. The van der Waals surface area contributed by atoms with Crippen LogP contribution >= 0.6 is 22.9 Å². The number of hydrogen-bond donors (Lipinski definition) is 2. The molecule has 3 rings (SSSR count). The number of primary amides is 1. The van der Waals surface area contributed by atoms with Gasteiger partial charge in [0.1, 0.15) is 10.8 Å². The number of carbonyl (C=O) groups is 2. The van der Waals surface area contributed by atoms with Gasteiger partial charge >= 0.3 is 0 Å². The number of halogens is 1. The molecule has 0 saturated heterocycles. The molecule has 0 radical (unpaired) electrons. The third-order valence-electron chi connectivity index (χ3n) is 5.70. The number of fused-ring (bicyclic) bond motifs is 1. The van der Waals surface area contributed by atoms with Gasteiger partial charge in [-0.2, -0.15) is 0 Å². The van der Waals surface area contributed by atoms with Crippen LogP contribution in [-0.2, 0) is 17.6 Å². The zero-order valence-electron chi connectivity index (χ0n) is 18.1. The van der Waals surface area contributed by atoms with Crippen LogP contribution in [0.15, 0.2) is 24.3 Å². The molecule has 0 fully saturated rings. The average Bonchev–Trinajstić information content (AvgIpc) is 2.99. The standard InChI is InChI=1S/C23H29ClN2O3S/c1-22(2,3)13-6-11-16-17(12-13)30-20(18(16)19(25)27)26-21(28)23(4,5)29-15-9-7-14(24)8-10-15/h7-10,13H,6,11-12H2,1-5H3,(H2,25,27)(H,26,28)/t13-/m1/s1. The van der Waals surface area contributed by atoms with E-state index < -0.39 is 11.5 Å². The number of benzene rings is 1. The molecule has 2 amide bonds. The lowest BCUT2D eigenvalue weighted by atomic mass is 9.72. The maximum Gasteiger partial charge on any atom is 0.268 e. The number of nitrogens with one attached hydrogen (secondary N) is 1. The Morgan fingerprint density at radius 1 is 1.17 bits per heavy atom. The van der Waals surface area contributed by atoms with E-state index in [0.717, 1.165) is 29.7 Å². The fraction of sp³-hybridized carbons (Fsp3) is 0.478. The minimum atomic E-state index is -1.15. The largest absolute Gasteiger partial charge is 0.478 e. The van der Waals surface area contributed by atoms with Gasteiger partial charge in [-0.05, 0) is 74.3 Å². The highest BCUT2D eigenvalue weighted by molar-refractivity contribution is 7.17. The Morgan fingerprint density at radius 3 is 2.37 bits per heavy atom. The zero-order chi connectivity index (χ0) is 22.3. The third kappa shape index (κ3) is 4.81. The summed E-state index contributed by atoms with van der Waals surface area (Å²) < 4.78 is 5.87. The van der Waals surface area contributed by atoms with Crippen molar-refractivity contribution in [3.05, 3.63) is 45.3 Å². The quantitative estimate of drug-likeness (QED) is 0.638. The summed E-state index contributed by atoms with van der Waals surface area (Å²) >= 11 is 7.37. The van der Waals surface area contributed by atoms with Crippen LogP contribution in [-0.4, -0.2) is 17.4 Å². The van der Waals surface area contributed by atoms with Crippen LogP contribution in [0.2, 0.25) is 5.02 Å². The highest BCUT2D eigenvalue weighted by atomic mass is 35.5. The summed E-state index contributed by atoms with van der Waals surface area (Å²) in [5.41, 5.74) is 6.16. The summed E-state index contributed by atoms with van der Waals surface area (Å²) in [6.45, 7) is 10.1. The minimum absolute atomic E-state index is 0.187. The molecule has 0 unspecified atom stereocenters. The van der Waals surface area contributed by atoms with Crippen molar-refractivity contribution in [1.29, 1.82) is 0 Å². The van der Waals surface area contributed by atoms with Crippen molar-refractivity contribution in [2.75, 3.05) is 5.32 Å². The lowest BCUT2D eigenvalue weighted by Gasteiger charge is -2.33. The van der Waals surface area contributed by atoms with Crippen molar-refractivity contribution in [1.82, 2.24) is 0 Å². The smallest absolute Gasteiger partial charge is 0.268 e. The number of ether oxygens (including phenoxy) is 1. The fourth-order valence-electron chi connectivity index (χ4n) is 3.77. The predicted molar refractivity (Wildman–Crippen MR) is 123 cm³/mol. The van der Waals surface area contributed by atoms with Gasteiger partial charge in [0.05, 0.1) is 5.56 Å². The number of anilines is 1. The Kier molecular flexibility index (Phi) is 6.21. The van der Waals surface area contributed by atoms with E-state index in [2.05, 4.69) is 26.1 Å². The fourth-order valence-corrected chi connectivity index (χ4v) is 5.22. The van der Waals surface area contributed by atoms with E-state index in [1.807, 2.05) is 0 Å². The molecular formula is C23H29ClN2O3S. The monoisotopic (exact) mass is 448 g/mol. The van der Waals surface area contributed by atoms with Crippen LogP contribution in [0.5, 0.6) is 5.75 Å². The molecule has 1 aliphatic carbocycles. The lowest BCUT2D eigenvalue weighted by Crippen LogP contribution is -2.42. The van der Waals surface area contributed by atoms with Gasteiger partial charge in [-0.1, -0.05) is 32.4 Å². The first-order valence-corrected chi connectivity index (χ1v) is 11.3. The van der Waals surface area contributed by atoms with E-state index in [-0.39, 0.29) is 11.3 Å². The highest BCUT2D eigenvalue weighted by Gasteiger charge is 2.36. The summed E-state index contributed by atoms with van der Waals surface area (Å²) in [4.78, 5) is 26.4. The molecule has 0 aliphatic heterocycles. The van der Waals surface area contributed by atoms with Crippen molar-refractivity contribution in [3.63, 3.8) is 0 Å². The maximum atomic E-state index is 13.0. The van der Waals surface area contributed by atoms with Crippen molar-refractivity contribution >= 4 is 39.8 Å². The Morgan fingerprint density at radius 2 is 1.80 bits per heavy atom. The van der Waals surface area contributed by atoms with E-state index >= 15 is 0 Å². The molecule has 1 aliphatic rings. The second kappa shape index (κ2) is 8.23. The number of amides is 2. The molecular weight excluding hydrogens is 420 g/mol. The van der Waals surface area contributed by atoms with Crippen molar-refractivity contribution in [3.8, 4) is 5.75 Å². The summed E-state index contributed by atoms with van der Waals surface area (Å²) in [5.74, 6) is 0.213. The Bertz CT molecular complexity index is 958. The lowest BCUT2D eigenvalue weighted by molar-refractivity contribution is -0.128. The number of nitrogens with two attached hydrogens (primary N) is 1. The van der Waals surface area contributed by atoms with E-state index in [1.165, 1.54) is 11.3 Å². The molecule has 1 heterocycles. The summed E-state index contributed by atoms with van der Waals surface area (Å²) in [6.07, 6.45) is 2.70. The molecule has 0 bridgehead atoms. The van der Waals surface area contributed by atoms with E-state index in [1.54, 1.807) is 38.1 Å². The molecule has 162 valence electrons. The van der Waals surface area contributed by atoms with Gasteiger partial charge < -0.3 is 15.8 Å². The minimum Gasteiger partial charge on any atom is -0.478 e. The SMILES string of the molecule is CC(C)(Oc1ccc(Cl)cc1)C(=O)Nc1sc2c(c1C(N)=O)CC[C@@H](C(C)(C)C)C2. The second-order valence-corrected chi connectivity index (χ2v) is 10.9. The molecule has 1 aromatic heterocycles. The van der Waals surface area contributed by atoms with Crippen LogP contribution in [0, 0.1) is 11.3 Å². The van der Waals surface area contributed by atoms with Crippen LogP contribution in [0.3, 0.4) is 0 Å². The zero-order valence-corrected chi connectivity index (χ0v) is 19.7. The van der Waals surface area contributed by atoms with Gasteiger partial charge in [-0.25, -0.2) is 0 Å². The van der Waals surface area contributed by atoms with Crippen molar-refractivity contribution in [2.24, 2.45) is 17.1 Å². The Labute approximate surface area is 186 Å². The van der Waals surface area contributed by atoms with Crippen LogP contribution in [0.4, 0.5) is 5.00 Å². The summed E-state index contributed by atoms with van der Waals surface area (Å²) in [7, 11) is 0. The van der Waals surface area contributed by atoms with Gasteiger partial charge in [-0.3, -0.25) is 9.59 Å². The second-order valence-electron chi connectivity index (χ2n) is 9.40. The summed E-state index contributed by atoms with van der Waals surface area (Å²) in [6, 6.07) is 6.83. The average molecular weight is 449 g/mol. The number of carbonyl (C=O) groups excluding carboxylic acids is 2.